The van der Waals surface area contributed by atoms with Crippen LogP contribution in [-0.4, -0.2) is 36.9 Å². The maximum absolute atomic E-state index is 14.2. The van der Waals surface area contributed by atoms with Crippen molar-refractivity contribution in [2.24, 2.45) is 5.92 Å². The maximum Gasteiger partial charge on any atom is 0.319 e. The van der Waals surface area contributed by atoms with E-state index in [9.17, 15) is 18.7 Å². The Morgan fingerprint density at radius 1 is 1.25 bits per heavy atom. The van der Waals surface area contributed by atoms with Gasteiger partial charge in [0.25, 0.3) is 0 Å². The lowest BCUT2D eigenvalue weighted by atomic mass is 10.0. The van der Waals surface area contributed by atoms with Crippen LogP contribution < -0.4 is 15.5 Å². The second-order valence-corrected chi connectivity index (χ2v) is 6.59. The van der Waals surface area contributed by atoms with Gasteiger partial charge >= 0.3 is 6.03 Å². The summed E-state index contributed by atoms with van der Waals surface area (Å²) in [5.41, 5.74) is 0.0122. The van der Waals surface area contributed by atoms with Gasteiger partial charge in [0.2, 0.25) is 0 Å². The summed E-state index contributed by atoms with van der Waals surface area (Å²) in [4.78, 5) is 13.6. The molecule has 1 aromatic rings. The number of rotatable bonds is 6. The molecule has 1 fully saturated rings. The van der Waals surface area contributed by atoms with Crippen molar-refractivity contribution in [2.75, 3.05) is 29.9 Å². The predicted octanol–water partition coefficient (Wildman–Crippen LogP) is 3.09. The number of anilines is 2. The van der Waals surface area contributed by atoms with E-state index in [0.29, 0.717) is 25.4 Å². The van der Waals surface area contributed by atoms with E-state index in [-0.39, 0.29) is 18.0 Å². The molecule has 1 atom stereocenters. The van der Waals surface area contributed by atoms with Gasteiger partial charge in [0.15, 0.2) is 11.6 Å². The molecule has 0 aliphatic carbocycles. The molecular formula is C17H25F2N3O2. The van der Waals surface area contributed by atoms with Crippen LogP contribution in [-0.2, 0) is 0 Å². The fraction of sp³-hybridized carbons (Fsp3) is 0.588. The number of hydrogen-bond donors (Lipinski definition) is 3. The standard InChI is InChI=1S/C17H25F2N3O2/c1-11(2)7-13(10-23)21-17(24)20-12-8-14(18)16(15(19)9-12)22-5-3-4-6-22/h8-9,11,13,23H,3-7,10H2,1-2H3,(H2,20,21,24). The molecule has 0 aromatic heterocycles. The Balaban J connectivity index is 2.03. The Morgan fingerprint density at radius 3 is 2.33 bits per heavy atom. The lowest BCUT2D eigenvalue weighted by Gasteiger charge is -2.21. The van der Waals surface area contributed by atoms with Crippen molar-refractivity contribution < 1.29 is 18.7 Å². The average molecular weight is 341 g/mol. The van der Waals surface area contributed by atoms with E-state index in [2.05, 4.69) is 10.6 Å². The molecule has 7 heteroatoms. The Kier molecular flexibility index (Phi) is 6.36. The molecule has 1 aliphatic heterocycles. The topological polar surface area (TPSA) is 64.6 Å². The van der Waals surface area contributed by atoms with Gasteiger partial charge in [-0.3, -0.25) is 0 Å². The maximum atomic E-state index is 14.2. The van der Waals surface area contributed by atoms with E-state index < -0.39 is 23.7 Å². The van der Waals surface area contributed by atoms with Gasteiger partial charge in [0.05, 0.1) is 12.6 Å². The number of aliphatic hydroxyl groups excluding tert-OH is 1. The van der Waals surface area contributed by atoms with E-state index in [1.165, 1.54) is 0 Å². The molecule has 2 rings (SSSR count). The number of amides is 2. The molecule has 1 saturated heterocycles. The first-order valence-electron chi connectivity index (χ1n) is 8.33. The van der Waals surface area contributed by atoms with Crippen LogP contribution in [0.5, 0.6) is 0 Å². The molecule has 1 aliphatic rings. The van der Waals surface area contributed by atoms with Gasteiger partial charge in [-0.2, -0.15) is 0 Å². The summed E-state index contributed by atoms with van der Waals surface area (Å²) in [5.74, 6) is -1.07. The third-order valence-corrected chi connectivity index (χ3v) is 4.01. The molecule has 1 heterocycles. The highest BCUT2D eigenvalue weighted by Crippen LogP contribution is 2.29. The fourth-order valence-corrected chi connectivity index (χ4v) is 2.98. The summed E-state index contributed by atoms with van der Waals surface area (Å²) in [6.07, 6.45) is 2.44. The van der Waals surface area contributed by atoms with Gasteiger partial charge in [-0.05, 0) is 37.3 Å². The van der Waals surface area contributed by atoms with Gasteiger partial charge in [0, 0.05) is 18.8 Å². The van der Waals surface area contributed by atoms with Gasteiger partial charge < -0.3 is 20.6 Å². The van der Waals surface area contributed by atoms with E-state index in [1.807, 2.05) is 13.8 Å². The Hall–Kier alpha value is -1.89. The summed E-state index contributed by atoms with van der Waals surface area (Å²) in [5, 5.41) is 14.3. The van der Waals surface area contributed by atoms with Crippen molar-refractivity contribution in [1.29, 1.82) is 0 Å². The molecule has 1 aromatic carbocycles. The zero-order valence-corrected chi connectivity index (χ0v) is 14.1. The van der Waals surface area contributed by atoms with Crippen LogP contribution in [0.15, 0.2) is 12.1 Å². The van der Waals surface area contributed by atoms with E-state index in [4.69, 9.17) is 0 Å². The smallest absolute Gasteiger partial charge is 0.319 e. The number of carbonyl (C=O) groups is 1. The van der Waals surface area contributed by atoms with Crippen LogP contribution in [0, 0.1) is 17.6 Å². The van der Waals surface area contributed by atoms with E-state index in [1.54, 1.807) is 4.90 Å². The van der Waals surface area contributed by atoms with Crippen molar-refractivity contribution in [3.8, 4) is 0 Å². The predicted molar refractivity (Wildman–Crippen MR) is 90.3 cm³/mol. The molecule has 24 heavy (non-hydrogen) atoms. The molecule has 0 spiro atoms. The first-order valence-corrected chi connectivity index (χ1v) is 8.33. The minimum absolute atomic E-state index is 0.0356. The number of hydrogen-bond acceptors (Lipinski definition) is 3. The summed E-state index contributed by atoms with van der Waals surface area (Å²) < 4.78 is 28.4. The van der Waals surface area contributed by atoms with Crippen LogP contribution >= 0.6 is 0 Å². The minimum atomic E-state index is -0.687. The van der Waals surface area contributed by atoms with Gasteiger partial charge in [-0.15, -0.1) is 0 Å². The van der Waals surface area contributed by atoms with Crippen LogP contribution in [0.3, 0.4) is 0 Å². The summed E-state index contributed by atoms with van der Waals surface area (Å²) in [6, 6.07) is 1.24. The van der Waals surface area contributed by atoms with Gasteiger partial charge in [-0.1, -0.05) is 13.8 Å². The Morgan fingerprint density at radius 2 is 1.83 bits per heavy atom. The first-order chi connectivity index (χ1) is 11.4. The molecule has 2 amide bonds. The van der Waals surface area contributed by atoms with Crippen LogP contribution in [0.4, 0.5) is 25.0 Å². The molecule has 0 saturated carbocycles. The highest BCUT2D eigenvalue weighted by Gasteiger charge is 2.21. The van der Waals surface area contributed by atoms with E-state index >= 15 is 0 Å². The lowest BCUT2D eigenvalue weighted by Crippen LogP contribution is -2.41. The first kappa shape index (κ1) is 18.4. The van der Waals surface area contributed by atoms with Crippen molar-refractivity contribution >= 4 is 17.4 Å². The molecule has 0 bridgehead atoms. The number of nitrogens with one attached hydrogen (secondary N) is 2. The zero-order valence-electron chi connectivity index (χ0n) is 14.1. The van der Waals surface area contributed by atoms with Crippen molar-refractivity contribution in [2.45, 2.75) is 39.2 Å². The normalized spacial score (nSPS) is 15.7. The van der Waals surface area contributed by atoms with Crippen LogP contribution in [0.25, 0.3) is 0 Å². The largest absolute Gasteiger partial charge is 0.394 e. The highest BCUT2D eigenvalue weighted by molar-refractivity contribution is 5.89. The second kappa shape index (κ2) is 8.28. The molecular weight excluding hydrogens is 316 g/mol. The average Bonchev–Trinajstić information content (AvgIpc) is 2.99. The number of urea groups is 1. The molecule has 0 radical (unpaired) electrons. The quantitative estimate of drug-likeness (QED) is 0.745. The number of nitrogens with zero attached hydrogens (tertiary/aromatic N) is 1. The Bertz CT molecular complexity index is 552. The Labute approximate surface area is 141 Å². The zero-order chi connectivity index (χ0) is 17.7. The fourth-order valence-electron chi connectivity index (χ4n) is 2.98. The summed E-state index contributed by atoms with van der Waals surface area (Å²) in [7, 11) is 0. The number of aliphatic hydroxyl groups is 1. The lowest BCUT2D eigenvalue weighted by molar-refractivity contribution is 0.214. The highest BCUT2D eigenvalue weighted by atomic mass is 19.1. The number of benzene rings is 1. The third-order valence-electron chi connectivity index (χ3n) is 4.01. The SMILES string of the molecule is CC(C)CC(CO)NC(=O)Nc1cc(F)c(N2CCCC2)c(F)c1. The monoisotopic (exact) mass is 341 g/mol. The third kappa shape index (κ3) is 4.80. The van der Waals surface area contributed by atoms with Gasteiger partial charge in [0.1, 0.15) is 5.69 Å². The molecule has 3 N–H and O–H groups in total. The summed E-state index contributed by atoms with van der Waals surface area (Å²) >= 11 is 0. The van der Waals surface area contributed by atoms with Gasteiger partial charge in [-0.25, -0.2) is 13.6 Å². The van der Waals surface area contributed by atoms with Crippen LogP contribution in [0.1, 0.15) is 33.1 Å². The van der Waals surface area contributed by atoms with Crippen molar-refractivity contribution in [3.63, 3.8) is 0 Å². The second-order valence-electron chi connectivity index (χ2n) is 6.59. The summed E-state index contributed by atoms with van der Waals surface area (Å²) in [6.45, 7) is 5.03. The molecule has 134 valence electrons. The van der Waals surface area contributed by atoms with Crippen LogP contribution in [0.2, 0.25) is 0 Å². The molecule has 5 nitrogen and oxygen atoms in total. The van der Waals surface area contributed by atoms with Crippen molar-refractivity contribution in [3.05, 3.63) is 23.8 Å². The number of halogens is 2. The number of carbonyl (C=O) groups excluding carboxylic acids is 1. The van der Waals surface area contributed by atoms with E-state index in [0.717, 1.165) is 25.0 Å². The van der Waals surface area contributed by atoms with Crippen molar-refractivity contribution in [1.82, 2.24) is 5.32 Å². The minimum Gasteiger partial charge on any atom is -0.394 e. The molecule has 1 unspecified atom stereocenters.